The number of hydrogen-bond donors (Lipinski definition) is 0. The summed E-state index contributed by atoms with van der Waals surface area (Å²) >= 11 is 0. The van der Waals surface area contributed by atoms with Gasteiger partial charge in [0.1, 0.15) is 0 Å². The Morgan fingerprint density at radius 3 is 2.57 bits per heavy atom. The Morgan fingerprint density at radius 2 is 2.05 bits per heavy atom. The summed E-state index contributed by atoms with van der Waals surface area (Å²) in [6, 6.07) is 2.21. The van der Waals surface area contributed by atoms with E-state index in [1.165, 1.54) is 0 Å². The molecule has 2 heterocycles. The summed E-state index contributed by atoms with van der Waals surface area (Å²) in [6.07, 6.45) is -5.73. The van der Waals surface area contributed by atoms with E-state index in [-0.39, 0.29) is 18.9 Å². The molecule has 0 radical (unpaired) electrons. The van der Waals surface area contributed by atoms with Gasteiger partial charge in [0.05, 0.1) is 13.2 Å². The highest BCUT2D eigenvalue weighted by Gasteiger charge is 2.44. The van der Waals surface area contributed by atoms with E-state index >= 15 is 0 Å². The largest absolute Gasteiger partial charge is 0.440 e. The Balaban J connectivity index is 2.15. The van der Waals surface area contributed by atoms with Gasteiger partial charge in [-0.25, -0.2) is 8.42 Å². The fraction of sp³-hybridized carbons (Fsp3) is 0.545. The molecule has 1 aromatic heterocycles. The van der Waals surface area contributed by atoms with E-state index in [4.69, 9.17) is 4.42 Å². The monoisotopic (exact) mass is 327 g/mol. The number of morpholine rings is 1. The normalized spacial score (nSPS) is 20.6. The minimum atomic E-state index is -4.57. The Hall–Kier alpha value is -1.55. The van der Waals surface area contributed by atoms with Crippen molar-refractivity contribution in [3.05, 3.63) is 17.9 Å². The number of rotatable bonds is 2. The molecule has 1 fully saturated rings. The Bertz CT molecular complexity index is 637. The lowest BCUT2D eigenvalue weighted by Crippen LogP contribution is -2.51. The average Bonchev–Trinajstić information content (AvgIpc) is 2.86. The number of ether oxygens (including phenoxy) is 1. The van der Waals surface area contributed by atoms with Crippen LogP contribution >= 0.6 is 0 Å². The van der Waals surface area contributed by atoms with Crippen molar-refractivity contribution in [3.63, 3.8) is 0 Å². The summed E-state index contributed by atoms with van der Waals surface area (Å²) in [5, 5.41) is -0.411. The van der Waals surface area contributed by atoms with E-state index in [2.05, 4.69) is 4.74 Å². The number of furan rings is 1. The van der Waals surface area contributed by atoms with Crippen LogP contribution in [0.3, 0.4) is 0 Å². The summed E-state index contributed by atoms with van der Waals surface area (Å²) in [4.78, 5) is 13.0. The molecule has 0 aromatic carbocycles. The van der Waals surface area contributed by atoms with Crippen LogP contribution in [-0.4, -0.2) is 57.5 Å². The molecular formula is C11H12F3NO5S. The zero-order valence-electron chi connectivity index (χ0n) is 10.9. The molecule has 0 spiro atoms. The van der Waals surface area contributed by atoms with Crippen LogP contribution < -0.4 is 0 Å². The van der Waals surface area contributed by atoms with Crippen molar-refractivity contribution in [1.29, 1.82) is 0 Å². The molecule has 21 heavy (non-hydrogen) atoms. The second-order valence-electron chi connectivity index (χ2n) is 4.54. The van der Waals surface area contributed by atoms with Crippen molar-refractivity contribution in [2.45, 2.75) is 17.4 Å². The highest BCUT2D eigenvalue weighted by atomic mass is 32.2. The van der Waals surface area contributed by atoms with Gasteiger partial charge in [0.25, 0.3) is 5.91 Å². The molecule has 0 aliphatic carbocycles. The van der Waals surface area contributed by atoms with Gasteiger partial charge >= 0.3 is 6.18 Å². The van der Waals surface area contributed by atoms with E-state index in [0.29, 0.717) is 0 Å². The van der Waals surface area contributed by atoms with E-state index in [1.807, 2.05) is 0 Å². The Morgan fingerprint density at radius 1 is 1.38 bits per heavy atom. The van der Waals surface area contributed by atoms with Crippen LogP contribution in [0.5, 0.6) is 0 Å². The fourth-order valence-electron chi connectivity index (χ4n) is 1.82. The van der Waals surface area contributed by atoms with Gasteiger partial charge in [-0.15, -0.1) is 0 Å². The molecule has 2 rings (SSSR count). The molecule has 1 saturated heterocycles. The second kappa shape index (κ2) is 5.34. The zero-order valence-corrected chi connectivity index (χ0v) is 11.7. The molecule has 0 N–H and O–H groups in total. The molecule has 10 heteroatoms. The lowest BCUT2D eigenvalue weighted by atomic mass is 10.2. The van der Waals surface area contributed by atoms with Crippen molar-refractivity contribution in [1.82, 2.24) is 4.90 Å². The molecule has 118 valence electrons. The number of amides is 1. The number of sulfone groups is 1. The fourth-order valence-corrected chi connectivity index (χ4v) is 2.38. The maximum absolute atomic E-state index is 12.6. The summed E-state index contributed by atoms with van der Waals surface area (Å²) in [6.45, 7) is -0.937. The maximum atomic E-state index is 12.6. The molecule has 1 aliphatic rings. The number of hydrogen-bond acceptors (Lipinski definition) is 5. The van der Waals surface area contributed by atoms with Gasteiger partial charge in [0, 0.05) is 12.8 Å². The standard InChI is InChI=1S/C11H12F3NO5S/c1-21(17,18)9-3-2-7(20-9)10(16)15-4-5-19-8(6-15)11(12,13)14/h2-3,8H,4-6H2,1H3. The molecule has 1 aromatic rings. The van der Waals surface area contributed by atoms with Gasteiger partial charge in [-0.1, -0.05) is 0 Å². The third-order valence-corrected chi connectivity index (χ3v) is 3.83. The Labute approximate surface area is 118 Å². The molecule has 0 saturated carbocycles. The highest BCUT2D eigenvalue weighted by molar-refractivity contribution is 7.90. The van der Waals surface area contributed by atoms with Gasteiger partial charge in [-0.05, 0) is 12.1 Å². The van der Waals surface area contributed by atoms with Crippen LogP contribution in [0.15, 0.2) is 21.6 Å². The molecule has 0 bridgehead atoms. The molecule has 6 nitrogen and oxygen atoms in total. The first-order valence-electron chi connectivity index (χ1n) is 5.86. The SMILES string of the molecule is CS(=O)(=O)c1ccc(C(=O)N2CCOC(C(F)(F)F)C2)o1. The second-order valence-corrected chi connectivity index (χ2v) is 6.49. The van der Waals surface area contributed by atoms with E-state index in [0.717, 1.165) is 23.3 Å². The molecule has 1 atom stereocenters. The molecule has 1 aliphatic heterocycles. The summed E-state index contributed by atoms with van der Waals surface area (Å²) in [5.74, 6) is -1.12. The summed E-state index contributed by atoms with van der Waals surface area (Å²) in [5.41, 5.74) is 0. The van der Waals surface area contributed by atoms with Crippen LogP contribution in [0.2, 0.25) is 0 Å². The van der Waals surface area contributed by atoms with E-state index < -0.39 is 39.7 Å². The minimum Gasteiger partial charge on any atom is -0.440 e. The van der Waals surface area contributed by atoms with E-state index in [1.54, 1.807) is 0 Å². The third kappa shape index (κ3) is 3.56. The quantitative estimate of drug-likeness (QED) is 0.812. The van der Waals surface area contributed by atoms with Crippen molar-refractivity contribution in [3.8, 4) is 0 Å². The van der Waals surface area contributed by atoms with Crippen LogP contribution in [0.25, 0.3) is 0 Å². The van der Waals surface area contributed by atoms with Crippen LogP contribution in [0.1, 0.15) is 10.6 Å². The average molecular weight is 327 g/mol. The number of alkyl halides is 3. The van der Waals surface area contributed by atoms with Gasteiger partial charge in [0.2, 0.25) is 14.9 Å². The molecular weight excluding hydrogens is 315 g/mol. The number of carbonyl (C=O) groups is 1. The maximum Gasteiger partial charge on any atom is 0.416 e. The van der Waals surface area contributed by atoms with Crippen LogP contribution in [-0.2, 0) is 14.6 Å². The number of halogens is 3. The lowest BCUT2D eigenvalue weighted by Gasteiger charge is -2.33. The van der Waals surface area contributed by atoms with Crippen molar-refractivity contribution < 1.29 is 35.5 Å². The van der Waals surface area contributed by atoms with Crippen LogP contribution in [0, 0.1) is 0 Å². The zero-order chi connectivity index (χ0) is 15.8. The van der Waals surface area contributed by atoms with Gasteiger partial charge < -0.3 is 14.1 Å². The van der Waals surface area contributed by atoms with Crippen molar-refractivity contribution in [2.24, 2.45) is 0 Å². The van der Waals surface area contributed by atoms with Crippen LogP contribution in [0.4, 0.5) is 13.2 Å². The summed E-state index contributed by atoms with van der Waals surface area (Å²) < 4.78 is 69.7. The first-order valence-corrected chi connectivity index (χ1v) is 7.75. The first-order chi connectivity index (χ1) is 9.59. The first kappa shape index (κ1) is 15.8. The lowest BCUT2D eigenvalue weighted by molar-refractivity contribution is -0.233. The minimum absolute atomic E-state index is 0.0275. The van der Waals surface area contributed by atoms with Crippen molar-refractivity contribution in [2.75, 3.05) is 26.0 Å². The topological polar surface area (TPSA) is 76.8 Å². The summed E-state index contributed by atoms with van der Waals surface area (Å²) in [7, 11) is -3.62. The Kier molecular flexibility index (Phi) is 4.02. The number of carbonyl (C=O) groups excluding carboxylic acids is 1. The van der Waals surface area contributed by atoms with Gasteiger partial charge in [0.15, 0.2) is 11.9 Å². The smallest absolute Gasteiger partial charge is 0.416 e. The number of nitrogens with zero attached hydrogens (tertiary/aromatic N) is 1. The highest BCUT2D eigenvalue weighted by Crippen LogP contribution is 2.26. The predicted octanol–water partition coefficient (Wildman–Crippen LogP) is 1.09. The third-order valence-electron chi connectivity index (χ3n) is 2.88. The molecule has 1 unspecified atom stereocenters. The van der Waals surface area contributed by atoms with E-state index in [9.17, 15) is 26.4 Å². The van der Waals surface area contributed by atoms with Gasteiger partial charge in [-0.3, -0.25) is 4.79 Å². The van der Waals surface area contributed by atoms with Crippen molar-refractivity contribution >= 4 is 15.7 Å². The predicted molar refractivity (Wildman–Crippen MR) is 63.5 cm³/mol. The molecule has 1 amide bonds. The van der Waals surface area contributed by atoms with Gasteiger partial charge in [-0.2, -0.15) is 13.2 Å².